The molecule has 1 N–H and O–H groups in total. The predicted octanol–water partition coefficient (Wildman–Crippen LogP) is 7.17. The molecule has 0 heterocycles. The van der Waals surface area contributed by atoms with Crippen LogP contribution in [0.4, 0.5) is 4.39 Å². The number of benzene rings is 3. The number of carboxylic acids is 1. The van der Waals surface area contributed by atoms with Gasteiger partial charge in [-0.15, -0.1) is 0 Å². The highest BCUT2D eigenvalue weighted by Crippen LogP contribution is 2.35. The number of hydrogen-bond acceptors (Lipinski definition) is 3. The molecule has 176 valence electrons. The van der Waals surface area contributed by atoms with Gasteiger partial charge in [0.15, 0.2) is 0 Å². The standard InChI is InChI=1S/C29H29FO4/c1-5-7-22(16-27(29(31)32)26-18-23(30)12-8-19(26)3)25-15-11-21(17-28(25)33-4)20-9-13-24(14-10-20)34-6-2/h7-18H,5-6H2,1-4H3,(H,31,32)/b22-7-,27-16+. The Morgan fingerprint density at radius 1 is 0.971 bits per heavy atom. The van der Waals surface area contributed by atoms with Crippen LogP contribution in [0.25, 0.3) is 22.3 Å². The van der Waals surface area contributed by atoms with Crippen molar-refractivity contribution < 1.29 is 23.8 Å². The van der Waals surface area contributed by atoms with E-state index in [4.69, 9.17) is 9.47 Å². The third-order valence-electron chi connectivity index (χ3n) is 5.46. The molecule has 0 aliphatic rings. The molecule has 0 aromatic heterocycles. The Hall–Kier alpha value is -3.86. The van der Waals surface area contributed by atoms with Gasteiger partial charge >= 0.3 is 5.97 Å². The van der Waals surface area contributed by atoms with E-state index in [-0.39, 0.29) is 5.57 Å². The molecule has 0 unspecified atom stereocenters. The van der Waals surface area contributed by atoms with Crippen LogP contribution in [0.3, 0.4) is 0 Å². The Bertz CT molecular complexity index is 1220. The van der Waals surface area contributed by atoms with Crippen LogP contribution >= 0.6 is 0 Å². The summed E-state index contributed by atoms with van der Waals surface area (Å²) >= 11 is 0. The van der Waals surface area contributed by atoms with Gasteiger partial charge in [0.25, 0.3) is 0 Å². The normalized spacial score (nSPS) is 11.9. The molecule has 0 radical (unpaired) electrons. The highest BCUT2D eigenvalue weighted by Gasteiger charge is 2.17. The van der Waals surface area contributed by atoms with E-state index >= 15 is 0 Å². The summed E-state index contributed by atoms with van der Waals surface area (Å²) in [5.74, 6) is -0.184. The number of halogens is 1. The minimum atomic E-state index is -1.12. The number of carboxylic acid groups (broad SMARTS) is 1. The third kappa shape index (κ3) is 5.73. The number of methoxy groups -OCH3 is 1. The quantitative estimate of drug-likeness (QED) is 0.272. The monoisotopic (exact) mass is 460 g/mol. The molecular formula is C29H29FO4. The molecule has 34 heavy (non-hydrogen) atoms. The highest BCUT2D eigenvalue weighted by molar-refractivity contribution is 6.18. The van der Waals surface area contributed by atoms with Gasteiger partial charge in [0.2, 0.25) is 0 Å². The highest BCUT2D eigenvalue weighted by atomic mass is 19.1. The van der Waals surface area contributed by atoms with E-state index in [9.17, 15) is 14.3 Å². The summed E-state index contributed by atoms with van der Waals surface area (Å²) in [6.07, 6.45) is 4.21. The zero-order valence-electron chi connectivity index (χ0n) is 19.9. The topological polar surface area (TPSA) is 55.8 Å². The van der Waals surface area contributed by atoms with Crippen molar-refractivity contribution in [2.45, 2.75) is 27.2 Å². The van der Waals surface area contributed by atoms with Gasteiger partial charge < -0.3 is 14.6 Å². The lowest BCUT2D eigenvalue weighted by atomic mass is 9.93. The first-order chi connectivity index (χ1) is 16.4. The first-order valence-corrected chi connectivity index (χ1v) is 11.2. The Morgan fingerprint density at radius 2 is 1.68 bits per heavy atom. The lowest BCUT2D eigenvalue weighted by Crippen LogP contribution is -2.03. The molecule has 3 aromatic carbocycles. The van der Waals surface area contributed by atoms with Gasteiger partial charge in [0.1, 0.15) is 17.3 Å². The zero-order chi connectivity index (χ0) is 24.7. The Morgan fingerprint density at radius 3 is 2.29 bits per heavy atom. The number of carbonyl (C=O) groups is 1. The zero-order valence-corrected chi connectivity index (χ0v) is 19.9. The molecule has 0 amide bonds. The smallest absolute Gasteiger partial charge is 0.336 e. The number of aryl methyl sites for hydroxylation is 1. The van der Waals surface area contributed by atoms with Crippen LogP contribution in [0.15, 0.2) is 72.8 Å². The molecule has 0 saturated carbocycles. The second-order valence-electron chi connectivity index (χ2n) is 7.76. The van der Waals surface area contributed by atoms with Crippen molar-refractivity contribution in [3.05, 3.63) is 95.3 Å². The third-order valence-corrected chi connectivity index (χ3v) is 5.46. The number of aliphatic carboxylic acids is 1. The van der Waals surface area contributed by atoms with Gasteiger partial charge in [-0.1, -0.05) is 43.3 Å². The molecule has 3 aromatic rings. The minimum Gasteiger partial charge on any atom is -0.496 e. The van der Waals surface area contributed by atoms with Gasteiger partial charge in [0.05, 0.1) is 19.3 Å². The summed E-state index contributed by atoms with van der Waals surface area (Å²) in [6, 6.07) is 17.8. The van der Waals surface area contributed by atoms with Crippen molar-refractivity contribution in [2.75, 3.05) is 13.7 Å². The number of rotatable bonds is 9. The Labute approximate surface area is 200 Å². The SMILES string of the molecule is CC/C=C(/C=C(/C(=O)O)c1cc(F)ccc1C)c1ccc(-c2ccc(OCC)cc2)cc1OC. The van der Waals surface area contributed by atoms with Crippen molar-refractivity contribution in [3.63, 3.8) is 0 Å². The van der Waals surface area contributed by atoms with E-state index < -0.39 is 11.8 Å². The number of hydrogen-bond donors (Lipinski definition) is 1. The molecular weight excluding hydrogens is 431 g/mol. The summed E-state index contributed by atoms with van der Waals surface area (Å²) in [5, 5.41) is 9.93. The Balaban J connectivity index is 2.08. The molecule has 4 nitrogen and oxygen atoms in total. The fourth-order valence-electron chi connectivity index (χ4n) is 3.78. The molecule has 3 rings (SSSR count). The maximum atomic E-state index is 13.9. The van der Waals surface area contributed by atoms with Crippen molar-refractivity contribution in [1.82, 2.24) is 0 Å². The first kappa shape index (κ1) is 24.8. The molecule has 0 bridgehead atoms. The molecule has 0 fully saturated rings. The molecule has 0 atom stereocenters. The summed E-state index contributed by atoms with van der Waals surface area (Å²) < 4.78 is 25.1. The molecule has 5 heteroatoms. The molecule has 0 spiro atoms. The van der Waals surface area contributed by atoms with Crippen LogP contribution in [-0.4, -0.2) is 24.8 Å². The van der Waals surface area contributed by atoms with Crippen LogP contribution in [0, 0.1) is 12.7 Å². The largest absolute Gasteiger partial charge is 0.496 e. The lowest BCUT2D eigenvalue weighted by molar-refractivity contribution is -0.130. The number of ether oxygens (including phenoxy) is 2. The van der Waals surface area contributed by atoms with Crippen LogP contribution < -0.4 is 9.47 Å². The predicted molar refractivity (Wildman–Crippen MR) is 135 cm³/mol. The van der Waals surface area contributed by atoms with Crippen molar-refractivity contribution in [2.24, 2.45) is 0 Å². The molecule has 0 aliphatic heterocycles. The maximum Gasteiger partial charge on any atom is 0.336 e. The summed E-state index contributed by atoms with van der Waals surface area (Å²) in [7, 11) is 1.59. The van der Waals surface area contributed by atoms with Gasteiger partial charge in [-0.25, -0.2) is 9.18 Å². The van der Waals surface area contributed by atoms with Crippen molar-refractivity contribution in [3.8, 4) is 22.6 Å². The van der Waals surface area contributed by atoms with Crippen LogP contribution in [0.5, 0.6) is 11.5 Å². The second-order valence-corrected chi connectivity index (χ2v) is 7.76. The number of allylic oxidation sites excluding steroid dienone is 3. The maximum absolute atomic E-state index is 13.9. The lowest BCUT2D eigenvalue weighted by Gasteiger charge is -2.14. The molecule has 0 aliphatic carbocycles. The molecule has 0 saturated heterocycles. The fraction of sp³-hybridized carbons (Fsp3) is 0.207. The van der Waals surface area contributed by atoms with E-state index in [1.54, 1.807) is 26.2 Å². The van der Waals surface area contributed by atoms with Gasteiger partial charge in [-0.05, 0) is 84.5 Å². The van der Waals surface area contributed by atoms with E-state index in [0.29, 0.717) is 35.5 Å². The van der Waals surface area contributed by atoms with Gasteiger partial charge in [-0.3, -0.25) is 0 Å². The minimum absolute atomic E-state index is 0.0225. The average Bonchev–Trinajstić information content (AvgIpc) is 2.83. The average molecular weight is 461 g/mol. The van der Waals surface area contributed by atoms with Crippen molar-refractivity contribution >= 4 is 17.1 Å². The van der Waals surface area contributed by atoms with Gasteiger partial charge in [0, 0.05) is 5.56 Å². The van der Waals surface area contributed by atoms with Crippen LogP contribution in [-0.2, 0) is 4.79 Å². The first-order valence-electron chi connectivity index (χ1n) is 11.2. The van der Waals surface area contributed by atoms with E-state index in [1.165, 1.54) is 12.1 Å². The van der Waals surface area contributed by atoms with Gasteiger partial charge in [-0.2, -0.15) is 0 Å². The van der Waals surface area contributed by atoms with Crippen LogP contribution in [0.2, 0.25) is 0 Å². The van der Waals surface area contributed by atoms with Crippen molar-refractivity contribution in [1.29, 1.82) is 0 Å². The van der Waals surface area contributed by atoms with E-state index in [1.807, 2.05) is 62.4 Å². The fourth-order valence-corrected chi connectivity index (χ4v) is 3.78. The van der Waals surface area contributed by atoms with Crippen LogP contribution in [0.1, 0.15) is 37.0 Å². The summed E-state index contributed by atoms with van der Waals surface area (Å²) in [6.45, 7) is 6.29. The van der Waals surface area contributed by atoms with E-state index in [2.05, 4.69) is 0 Å². The van der Waals surface area contributed by atoms with E-state index in [0.717, 1.165) is 22.4 Å². The summed E-state index contributed by atoms with van der Waals surface area (Å²) in [4.78, 5) is 12.1. The summed E-state index contributed by atoms with van der Waals surface area (Å²) in [5.41, 5.74) is 4.47. The Kier molecular flexibility index (Phi) is 8.25. The second kappa shape index (κ2) is 11.3.